The topological polar surface area (TPSA) is 67.6 Å². The molecule has 1 atom stereocenters. The van der Waals surface area contributed by atoms with Gasteiger partial charge in [0.05, 0.1) is 5.69 Å². The smallest absolute Gasteiger partial charge is 0.235 e. The summed E-state index contributed by atoms with van der Waals surface area (Å²) in [6.45, 7) is 5.84. The Morgan fingerprint density at radius 3 is 2.92 bits per heavy atom. The number of aromatic nitrogens is 1. The van der Waals surface area contributed by atoms with E-state index in [1.54, 1.807) is 0 Å². The van der Waals surface area contributed by atoms with Crippen LogP contribution in [0.2, 0.25) is 0 Å². The lowest BCUT2D eigenvalue weighted by atomic mass is 9.85. The molecular formula is C20H25N3O3. The highest BCUT2D eigenvalue weighted by Gasteiger charge is 2.33. The molecule has 0 spiro atoms. The Labute approximate surface area is 153 Å². The van der Waals surface area contributed by atoms with E-state index in [0.717, 1.165) is 42.2 Å². The average molecular weight is 355 g/mol. The lowest BCUT2D eigenvalue weighted by Crippen LogP contribution is -2.33. The second-order valence-corrected chi connectivity index (χ2v) is 7.10. The number of benzene rings is 1. The van der Waals surface area contributed by atoms with Crippen molar-refractivity contribution in [1.82, 2.24) is 10.1 Å². The Morgan fingerprint density at radius 1 is 1.27 bits per heavy atom. The summed E-state index contributed by atoms with van der Waals surface area (Å²) in [5, 5.41) is 6.79. The molecule has 2 aromatic rings. The van der Waals surface area contributed by atoms with Gasteiger partial charge in [0.15, 0.2) is 0 Å². The molecule has 1 N–H and O–H groups in total. The number of rotatable bonds is 5. The van der Waals surface area contributed by atoms with Gasteiger partial charge in [-0.05, 0) is 38.9 Å². The molecule has 0 bridgehead atoms. The molecule has 26 heavy (non-hydrogen) atoms. The lowest BCUT2D eigenvalue weighted by Gasteiger charge is -2.27. The van der Waals surface area contributed by atoms with Gasteiger partial charge in [0.2, 0.25) is 11.8 Å². The highest BCUT2D eigenvalue weighted by Crippen LogP contribution is 2.42. The molecule has 1 unspecified atom stereocenters. The second-order valence-electron chi connectivity index (χ2n) is 7.10. The zero-order chi connectivity index (χ0) is 17.9. The minimum atomic E-state index is -0.0869. The largest absolute Gasteiger partial charge is 0.492 e. The average Bonchev–Trinajstić information content (AvgIpc) is 3.03. The number of anilines is 1. The first-order valence-electron chi connectivity index (χ1n) is 9.42. The van der Waals surface area contributed by atoms with Crippen LogP contribution in [0.4, 0.5) is 5.88 Å². The lowest BCUT2D eigenvalue weighted by molar-refractivity contribution is -0.116. The number of hydrogen-bond acceptors (Lipinski definition) is 5. The van der Waals surface area contributed by atoms with Gasteiger partial charge in [0.25, 0.3) is 0 Å². The summed E-state index contributed by atoms with van der Waals surface area (Å²) < 4.78 is 11.4. The monoisotopic (exact) mass is 355 g/mol. The van der Waals surface area contributed by atoms with Gasteiger partial charge in [0.1, 0.15) is 12.4 Å². The molecule has 0 radical (unpaired) electrons. The molecule has 6 heteroatoms. The Hall–Kier alpha value is -2.34. The van der Waals surface area contributed by atoms with E-state index >= 15 is 0 Å². The summed E-state index contributed by atoms with van der Waals surface area (Å²) >= 11 is 0. The number of carbonyl (C=O) groups excluding carboxylic acids is 1. The number of piperidine rings is 1. The third-order valence-corrected chi connectivity index (χ3v) is 5.31. The van der Waals surface area contributed by atoms with Crippen molar-refractivity contribution in [1.29, 1.82) is 0 Å². The second kappa shape index (κ2) is 7.50. The highest BCUT2D eigenvalue weighted by molar-refractivity contribution is 5.94. The fourth-order valence-electron chi connectivity index (χ4n) is 3.98. The minimum absolute atomic E-state index is 0.0539. The van der Waals surface area contributed by atoms with Crippen LogP contribution in [0, 0.1) is 6.92 Å². The summed E-state index contributed by atoms with van der Waals surface area (Å²) in [7, 11) is 0. The van der Waals surface area contributed by atoms with Crippen LogP contribution in [0.3, 0.4) is 0 Å². The number of nitrogens with one attached hydrogen (secondary N) is 1. The number of para-hydroxylation sites is 1. The van der Waals surface area contributed by atoms with Gasteiger partial charge >= 0.3 is 0 Å². The summed E-state index contributed by atoms with van der Waals surface area (Å²) in [5.41, 5.74) is 2.79. The van der Waals surface area contributed by atoms with Crippen molar-refractivity contribution in [2.45, 2.75) is 38.5 Å². The zero-order valence-electron chi connectivity index (χ0n) is 15.2. The van der Waals surface area contributed by atoms with Crippen LogP contribution >= 0.6 is 0 Å². The van der Waals surface area contributed by atoms with Crippen LogP contribution in [0.15, 0.2) is 28.8 Å². The fraction of sp³-hybridized carbons (Fsp3) is 0.500. The van der Waals surface area contributed by atoms with Crippen molar-refractivity contribution in [3.8, 4) is 5.75 Å². The Morgan fingerprint density at radius 2 is 2.08 bits per heavy atom. The molecule has 138 valence electrons. The van der Waals surface area contributed by atoms with E-state index in [4.69, 9.17) is 9.26 Å². The standard InChI is InChI=1S/C20H25N3O3/c1-14-19-16(13-18(24)21-20(19)26-22-14)15-7-3-4-8-17(15)25-12-11-23-9-5-2-6-10-23/h3-4,7-8,16H,2,5-6,9-13H2,1H3,(H,21,24). The first-order valence-corrected chi connectivity index (χ1v) is 9.42. The van der Waals surface area contributed by atoms with Gasteiger partial charge in [-0.25, -0.2) is 0 Å². The SMILES string of the molecule is Cc1noc2c1C(c1ccccc1OCCN1CCCCC1)CC(=O)N2. The maximum Gasteiger partial charge on any atom is 0.235 e. The van der Waals surface area contributed by atoms with E-state index in [0.29, 0.717) is 18.9 Å². The minimum Gasteiger partial charge on any atom is -0.492 e. The van der Waals surface area contributed by atoms with Crippen LogP contribution in [0.1, 0.15) is 48.4 Å². The van der Waals surface area contributed by atoms with Crippen LogP contribution < -0.4 is 10.1 Å². The van der Waals surface area contributed by atoms with Crippen molar-refractivity contribution in [3.05, 3.63) is 41.1 Å². The molecule has 1 amide bonds. The van der Waals surface area contributed by atoms with Gasteiger partial charge < -0.3 is 9.26 Å². The molecule has 1 aromatic heterocycles. The highest BCUT2D eigenvalue weighted by atomic mass is 16.5. The quantitative estimate of drug-likeness (QED) is 0.891. The molecule has 1 aromatic carbocycles. The molecule has 0 aliphatic carbocycles. The molecule has 2 aliphatic rings. The first-order chi connectivity index (χ1) is 12.7. The molecule has 0 saturated carbocycles. The van der Waals surface area contributed by atoms with Crippen molar-refractivity contribution < 1.29 is 14.1 Å². The molecule has 3 heterocycles. The van der Waals surface area contributed by atoms with Crippen LogP contribution in [0.25, 0.3) is 0 Å². The normalized spacial score (nSPS) is 20.5. The number of nitrogens with zero attached hydrogens (tertiary/aromatic N) is 2. The Bertz CT molecular complexity index is 780. The van der Waals surface area contributed by atoms with E-state index in [-0.39, 0.29) is 11.8 Å². The summed E-state index contributed by atoms with van der Waals surface area (Å²) in [4.78, 5) is 14.6. The van der Waals surface area contributed by atoms with E-state index in [1.165, 1.54) is 19.3 Å². The summed E-state index contributed by atoms with van der Waals surface area (Å²) in [6, 6.07) is 7.99. The molecule has 4 rings (SSSR count). The van der Waals surface area contributed by atoms with Gasteiger partial charge in [-0.15, -0.1) is 0 Å². The number of fused-ring (bicyclic) bond motifs is 1. The zero-order valence-corrected chi connectivity index (χ0v) is 15.2. The number of aryl methyl sites for hydroxylation is 1. The number of hydrogen-bond donors (Lipinski definition) is 1. The van der Waals surface area contributed by atoms with Gasteiger partial charge in [-0.1, -0.05) is 29.8 Å². The van der Waals surface area contributed by atoms with E-state index < -0.39 is 0 Å². The predicted molar refractivity (Wildman–Crippen MR) is 98.6 cm³/mol. The first kappa shape index (κ1) is 17.1. The van der Waals surface area contributed by atoms with Crippen molar-refractivity contribution >= 4 is 11.8 Å². The van der Waals surface area contributed by atoms with Gasteiger partial charge in [0, 0.05) is 30.0 Å². The third-order valence-electron chi connectivity index (χ3n) is 5.31. The molecule has 1 fully saturated rings. The summed E-state index contributed by atoms with van der Waals surface area (Å²) in [6.07, 6.45) is 4.28. The summed E-state index contributed by atoms with van der Waals surface area (Å²) in [5.74, 6) is 1.17. The van der Waals surface area contributed by atoms with E-state index in [1.807, 2.05) is 31.2 Å². The van der Waals surface area contributed by atoms with Gasteiger partial charge in [-0.2, -0.15) is 0 Å². The number of ether oxygens (including phenoxy) is 1. The molecule has 1 saturated heterocycles. The van der Waals surface area contributed by atoms with E-state index in [2.05, 4.69) is 15.4 Å². The van der Waals surface area contributed by atoms with Crippen LogP contribution in [0.5, 0.6) is 5.75 Å². The maximum atomic E-state index is 12.1. The molecule has 2 aliphatic heterocycles. The molecule has 6 nitrogen and oxygen atoms in total. The molecular weight excluding hydrogens is 330 g/mol. The fourth-order valence-corrected chi connectivity index (χ4v) is 3.98. The van der Waals surface area contributed by atoms with Crippen molar-refractivity contribution in [2.24, 2.45) is 0 Å². The number of amides is 1. The van der Waals surface area contributed by atoms with Crippen LogP contribution in [-0.4, -0.2) is 42.2 Å². The predicted octanol–water partition coefficient (Wildman–Crippen LogP) is 3.32. The van der Waals surface area contributed by atoms with Gasteiger partial charge in [-0.3, -0.25) is 15.0 Å². The maximum absolute atomic E-state index is 12.1. The Kier molecular flexibility index (Phi) is 4.93. The van der Waals surface area contributed by atoms with Crippen molar-refractivity contribution in [2.75, 3.05) is 31.6 Å². The van der Waals surface area contributed by atoms with Crippen LogP contribution in [-0.2, 0) is 4.79 Å². The number of carbonyl (C=O) groups is 1. The third kappa shape index (κ3) is 3.46. The van der Waals surface area contributed by atoms with Crippen molar-refractivity contribution in [3.63, 3.8) is 0 Å². The van der Waals surface area contributed by atoms with E-state index in [9.17, 15) is 4.79 Å². The number of likely N-dealkylation sites (tertiary alicyclic amines) is 1. The Balaban J connectivity index is 1.52.